The Labute approximate surface area is 184 Å². The molecule has 1 saturated heterocycles. The highest BCUT2D eigenvalue weighted by Gasteiger charge is 2.47. The number of carbonyl (C=O) groups is 2. The number of amides is 1. The van der Waals surface area contributed by atoms with E-state index < -0.39 is 17.7 Å². The summed E-state index contributed by atoms with van der Waals surface area (Å²) in [6.45, 7) is 1.91. The van der Waals surface area contributed by atoms with E-state index in [0.29, 0.717) is 27.4 Å². The molecule has 0 spiro atoms. The van der Waals surface area contributed by atoms with Crippen molar-refractivity contribution in [2.24, 2.45) is 0 Å². The van der Waals surface area contributed by atoms with E-state index in [-0.39, 0.29) is 11.3 Å². The standard InChI is InChI=1S/C25H17ClN2O3/c1-15-4-2-5-17(12-15)22-21(23(29)18-6-3-7-19(26)13-18)24(30)25(31)28(22)20-10-8-16(14-27)9-11-20/h2-13,22,29H,1H3/b23-21-. The first-order chi connectivity index (χ1) is 14.9. The summed E-state index contributed by atoms with van der Waals surface area (Å²) in [6, 6.07) is 21.5. The quantitative estimate of drug-likeness (QED) is 0.355. The van der Waals surface area contributed by atoms with Crippen molar-refractivity contribution >= 4 is 34.7 Å². The summed E-state index contributed by atoms with van der Waals surface area (Å²) >= 11 is 6.07. The maximum Gasteiger partial charge on any atom is 0.300 e. The van der Waals surface area contributed by atoms with Gasteiger partial charge in [-0.1, -0.05) is 53.6 Å². The van der Waals surface area contributed by atoms with Gasteiger partial charge >= 0.3 is 0 Å². The summed E-state index contributed by atoms with van der Waals surface area (Å²) in [7, 11) is 0. The van der Waals surface area contributed by atoms with E-state index in [2.05, 4.69) is 0 Å². The predicted octanol–water partition coefficient (Wildman–Crippen LogP) is 5.15. The van der Waals surface area contributed by atoms with Crippen molar-refractivity contribution in [3.63, 3.8) is 0 Å². The van der Waals surface area contributed by atoms with Gasteiger partial charge in [0.1, 0.15) is 5.76 Å². The second-order valence-electron chi connectivity index (χ2n) is 7.25. The van der Waals surface area contributed by atoms with Crippen molar-refractivity contribution in [3.8, 4) is 6.07 Å². The third-order valence-electron chi connectivity index (χ3n) is 5.17. The number of hydrogen-bond acceptors (Lipinski definition) is 4. The van der Waals surface area contributed by atoms with Crippen LogP contribution < -0.4 is 4.90 Å². The SMILES string of the molecule is Cc1cccc(C2/C(=C(/O)c3cccc(Cl)c3)C(=O)C(=O)N2c2ccc(C#N)cc2)c1. The van der Waals surface area contributed by atoms with E-state index in [1.165, 1.54) is 4.90 Å². The smallest absolute Gasteiger partial charge is 0.300 e. The van der Waals surface area contributed by atoms with Gasteiger partial charge in [-0.2, -0.15) is 5.26 Å². The van der Waals surface area contributed by atoms with Gasteiger partial charge in [0.2, 0.25) is 0 Å². The van der Waals surface area contributed by atoms with Crippen LogP contribution >= 0.6 is 11.6 Å². The number of nitriles is 1. The monoisotopic (exact) mass is 428 g/mol. The number of carbonyl (C=O) groups excluding carboxylic acids is 2. The fourth-order valence-corrected chi connectivity index (χ4v) is 3.93. The molecule has 0 aliphatic carbocycles. The van der Waals surface area contributed by atoms with Crippen LogP contribution in [0.1, 0.15) is 28.3 Å². The van der Waals surface area contributed by atoms with E-state index in [4.69, 9.17) is 16.9 Å². The first kappa shape index (κ1) is 20.4. The highest BCUT2D eigenvalue weighted by atomic mass is 35.5. The normalized spacial score (nSPS) is 17.6. The molecule has 1 amide bonds. The van der Waals surface area contributed by atoms with Crippen LogP contribution in [0, 0.1) is 18.3 Å². The lowest BCUT2D eigenvalue weighted by Gasteiger charge is -2.25. The van der Waals surface area contributed by atoms with Gasteiger partial charge in [0.15, 0.2) is 0 Å². The molecule has 6 heteroatoms. The van der Waals surface area contributed by atoms with Gasteiger partial charge in [0, 0.05) is 16.3 Å². The zero-order chi connectivity index (χ0) is 22.1. The average Bonchev–Trinajstić information content (AvgIpc) is 3.04. The number of Topliss-reactive ketones (excluding diaryl/α,β-unsaturated/α-hetero) is 1. The molecule has 3 aromatic rings. The molecule has 3 aromatic carbocycles. The van der Waals surface area contributed by atoms with Gasteiger partial charge in [-0.15, -0.1) is 0 Å². The molecule has 4 rings (SSSR count). The molecule has 1 N–H and O–H groups in total. The summed E-state index contributed by atoms with van der Waals surface area (Å²) in [6.07, 6.45) is 0. The highest BCUT2D eigenvalue weighted by molar-refractivity contribution is 6.51. The first-order valence-corrected chi connectivity index (χ1v) is 9.92. The topological polar surface area (TPSA) is 81.4 Å². The number of nitrogens with zero attached hydrogens (tertiary/aromatic N) is 2. The number of aliphatic hydroxyl groups excluding tert-OH is 1. The second kappa shape index (κ2) is 8.10. The Morgan fingerprint density at radius 2 is 1.74 bits per heavy atom. The molecule has 0 bridgehead atoms. The number of aliphatic hydroxyl groups is 1. The summed E-state index contributed by atoms with van der Waals surface area (Å²) < 4.78 is 0. The Bertz CT molecular complexity index is 1270. The lowest BCUT2D eigenvalue weighted by Crippen LogP contribution is -2.29. The van der Waals surface area contributed by atoms with Crippen molar-refractivity contribution < 1.29 is 14.7 Å². The number of halogens is 1. The van der Waals surface area contributed by atoms with Crippen molar-refractivity contribution in [2.75, 3.05) is 4.90 Å². The molecular weight excluding hydrogens is 412 g/mol. The number of ketones is 1. The summed E-state index contributed by atoms with van der Waals surface area (Å²) in [5.41, 5.74) is 2.87. The number of rotatable bonds is 3. The van der Waals surface area contributed by atoms with E-state index in [1.54, 1.807) is 48.5 Å². The van der Waals surface area contributed by atoms with Crippen molar-refractivity contribution in [1.82, 2.24) is 0 Å². The zero-order valence-electron chi connectivity index (χ0n) is 16.5. The molecule has 1 atom stereocenters. The number of hydrogen-bond donors (Lipinski definition) is 1. The molecule has 1 fully saturated rings. The fraction of sp³-hybridized carbons (Fsp3) is 0.0800. The average molecular weight is 429 g/mol. The molecule has 1 aliphatic rings. The number of aryl methyl sites for hydroxylation is 1. The third kappa shape index (κ3) is 3.70. The Hall–Kier alpha value is -3.88. The Kier molecular flexibility index (Phi) is 5.33. The molecule has 0 aromatic heterocycles. The molecule has 152 valence electrons. The Morgan fingerprint density at radius 3 is 2.39 bits per heavy atom. The minimum absolute atomic E-state index is 0.0118. The lowest BCUT2D eigenvalue weighted by molar-refractivity contribution is -0.132. The van der Waals surface area contributed by atoms with Crippen molar-refractivity contribution in [3.05, 3.63) is 106 Å². The van der Waals surface area contributed by atoms with Gasteiger partial charge in [0.05, 0.1) is 23.2 Å². The minimum Gasteiger partial charge on any atom is -0.507 e. The largest absolute Gasteiger partial charge is 0.507 e. The fourth-order valence-electron chi connectivity index (χ4n) is 3.74. The highest BCUT2D eigenvalue weighted by Crippen LogP contribution is 2.42. The zero-order valence-corrected chi connectivity index (χ0v) is 17.3. The van der Waals surface area contributed by atoms with E-state index in [9.17, 15) is 14.7 Å². The summed E-state index contributed by atoms with van der Waals surface area (Å²) in [5, 5.41) is 20.5. The lowest BCUT2D eigenvalue weighted by atomic mass is 9.94. The molecule has 5 nitrogen and oxygen atoms in total. The molecule has 0 radical (unpaired) electrons. The van der Waals surface area contributed by atoms with Gasteiger partial charge in [-0.25, -0.2) is 0 Å². The second-order valence-corrected chi connectivity index (χ2v) is 7.69. The van der Waals surface area contributed by atoms with Crippen LogP contribution in [0.3, 0.4) is 0 Å². The number of benzene rings is 3. The van der Waals surface area contributed by atoms with Crippen LogP contribution in [-0.4, -0.2) is 16.8 Å². The van der Waals surface area contributed by atoms with Crippen LogP contribution in [0.25, 0.3) is 5.76 Å². The van der Waals surface area contributed by atoms with E-state index in [1.807, 2.05) is 37.3 Å². The molecule has 31 heavy (non-hydrogen) atoms. The van der Waals surface area contributed by atoms with Gasteiger partial charge < -0.3 is 5.11 Å². The predicted molar refractivity (Wildman–Crippen MR) is 119 cm³/mol. The van der Waals surface area contributed by atoms with Gasteiger partial charge in [-0.05, 0) is 48.9 Å². The van der Waals surface area contributed by atoms with Crippen molar-refractivity contribution in [1.29, 1.82) is 5.26 Å². The van der Waals surface area contributed by atoms with Crippen LogP contribution in [-0.2, 0) is 9.59 Å². The maximum absolute atomic E-state index is 13.1. The molecular formula is C25H17ClN2O3. The summed E-state index contributed by atoms with van der Waals surface area (Å²) in [4.78, 5) is 27.5. The molecule has 1 heterocycles. The van der Waals surface area contributed by atoms with Gasteiger partial charge in [0.25, 0.3) is 11.7 Å². The van der Waals surface area contributed by atoms with E-state index >= 15 is 0 Å². The third-order valence-corrected chi connectivity index (χ3v) is 5.41. The Balaban J connectivity index is 1.95. The molecule has 0 saturated carbocycles. The van der Waals surface area contributed by atoms with E-state index in [0.717, 1.165) is 5.56 Å². The maximum atomic E-state index is 13.1. The number of anilines is 1. The van der Waals surface area contributed by atoms with Crippen LogP contribution in [0.2, 0.25) is 5.02 Å². The minimum atomic E-state index is -0.827. The first-order valence-electron chi connectivity index (χ1n) is 9.54. The van der Waals surface area contributed by atoms with Crippen LogP contribution in [0.5, 0.6) is 0 Å². The van der Waals surface area contributed by atoms with Crippen LogP contribution in [0.15, 0.2) is 78.4 Å². The molecule has 1 aliphatic heterocycles. The van der Waals surface area contributed by atoms with Crippen LogP contribution in [0.4, 0.5) is 5.69 Å². The van der Waals surface area contributed by atoms with Crippen molar-refractivity contribution in [2.45, 2.75) is 13.0 Å². The van der Waals surface area contributed by atoms with Gasteiger partial charge in [-0.3, -0.25) is 14.5 Å². The Morgan fingerprint density at radius 1 is 1.03 bits per heavy atom. The summed E-state index contributed by atoms with van der Waals surface area (Å²) in [5.74, 6) is -1.82. The molecule has 1 unspecified atom stereocenters.